The van der Waals surface area contributed by atoms with Crippen molar-refractivity contribution in [3.05, 3.63) is 81.3 Å². The highest BCUT2D eigenvalue weighted by atomic mass is 35.5. The zero-order chi connectivity index (χ0) is 21.9. The normalized spacial score (nSPS) is 18.0. The molecule has 0 aromatic heterocycles. The minimum atomic E-state index is -0.327. The molecule has 0 aliphatic carbocycles. The van der Waals surface area contributed by atoms with Gasteiger partial charge >= 0.3 is 0 Å². The van der Waals surface area contributed by atoms with Gasteiger partial charge < -0.3 is 15.4 Å². The summed E-state index contributed by atoms with van der Waals surface area (Å²) >= 11 is 12.8. The first kappa shape index (κ1) is 20.3. The maximum atomic E-state index is 6.65. The fraction of sp³-hybridized carbons (Fsp3) is 0.231. The number of hydrogen-bond acceptors (Lipinski definition) is 3. The lowest BCUT2D eigenvalue weighted by atomic mass is 9.80. The second-order valence-electron chi connectivity index (χ2n) is 8.75. The molecule has 0 bridgehead atoms. The topological polar surface area (TPSA) is 33.3 Å². The van der Waals surface area contributed by atoms with Crippen LogP contribution in [0.25, 0.3) is 16.7 Å². The fourth-order valence-electron chi connectivity index (χ4n) is 4.90. The summed E-state index contributed by atoms with van der Waals surface area (Å²) in [5.74, 6) is 0.839. The van der Waals surface area contributed by atoms with Crippen molar-refractivity contribution in [3.63, 3.8) is 0 Å². The number of allylic oxidation sites excluding steroid dienone is 1. The van der Waals surface area contributed by atoms with Gasteiger partial charge in [0.1, 0.15) is 5.75 Å². The summed E-state index contributed by atoms with van der Waals surface area (Å²) in [4.78, 5) is 0. The minimum absolute atomic E-state index is 0.121. The Labute approximate surface area is 193 Å². The number of hydrogen-bond donors (Lipinski definition) is 2. The van der Waals surface area contributed by atoms with Crippen LogP contribution in [0.3, 0.4) is 0 Å². The molecule has 0 fully saturated rings. The third kappa shape index (κ3) is 3.37. The van der Waals surface area contributed by atoms with E-state index < -0.39 is 0 Å². The predicted octanol–water partition coefficient (Wildman–Crippen LogP) is 7.79. The van der Waals surface area contributed by atoms with Gasteiger partial charge in [-0.25, -0.2) is 0 Å². The van der Waals surface area contributed by atoms with E-state index >= 15 is 0 Å². The monoisotopic (exact) mass is 450 g/mol. The first-order valence-electron chi connectivity index (χ1n) is 10.4. The summed E-state index contributed by atoms with van der Waals surface area (Å²) in [6.07, 6.45) is 1.95. The molecule has 2 N–H and O–H groups in total. The van der Waals surface area contributed by atoms with Gasteiger partial charge in [-0.1, -0.05) is 41.4 Å². The Hall–Kier alpha value is -2.62. The van der Waals surface area contributed by atoms with Crippen molar-refractivity contribution in [2.24, 2.45) is 0 Å². The second kappa shape index (κ2) is 7.22. The van der Waals surface area contributed by atoms with Crippen LogP contribution in [0.1, 0.15) is 43.6 Å². The summed E-state index contributed by atoms with van der Waals surface area (Å²) < 4.78 is 6.65. The van der Waals surface area contributed by atoms with Crippen LogP contribution in [0.5, 0.6) is 5.75 Å². The predicted molar refractivity (Wildman–Crippen MR) is 132 cm³/mol. The van der Waals surface area contributed by atoms with Gasteiger partial charge in [-0.05, 0) is 73.9 Å². The Kier molecular flexibility index (Phi) is 4.72. The summed E-state index contributed by atoms with van der Waals surface area (Å²) in [6.45, 7) is 6.53. The highest BCUT2D eigenvalue weighted by Gasteiger charge is 2.35. The number of anilines is 2. The van der Waals surface area contributed by atoms with Crippen LogP contribution in [0.2, 0.25) is 10.0 Å². The quantitative estimate of drug-likeness (QED) is 0.417. The van der Waals surface area contributed by atoms with Crippen molar-refractivity contribution in [3.8, 4) is 16.9 Å². The van der Waals surface area contributed by atoms with E-state index in [1.165, 1.54) is 11.1 Å². The zero-order valence-electron chi connectivity index (χ0n) is 17.9. The van der Waals surface area contributed by atoms with Gasteiger partial charge in [0.15, 0.2) is 6.10 Å². The van der Waals surface area contributed by atoms with E-state index in [1.54, 1.807) is 6.07 Å². The molecule has 31 heavy (non-hydrogen) atoms. The minimum Gasteiger partial charge on any atom is -0.480 e. The van der Waals surface area contributed by atoms with E-state index in [0.717, 1.165) is 39.4 Å². The second-order valence-corrected chi connectivity index (χ2v) is 9.63. The largest absolute Gasteiger partial charge is 0.480 e. The van der Waals surface area contributed by atoms with Gasteiger partial charge in [0.05, 0.1) is 5.54 Å². The molecule has 158 valence electrons. The molecule has 0 spiro atoms. The molecule has 3 aromatic rings. The number of fused-ring (bicyclic) bond motifs is 5. The van der Waals surface area contributed by atoms with E-state index in [0.29, 0.717) is 10.0 Å². The highest BCUT2D eigenvalue weighted by molar-refractivity contribution is 6.34. The molecular weight excluding hydrogens is 427 g/mol. The number of halogens is 2. The standard InChI is InChI=1S/C26H24Cl2N2O/c1-14-13-26(2,3)30-20-9-8-18-23-19(29-4)6-5-7-21(23)31-25(24(18)22(14)20)15-10-16(27)12-17(28)11-15/h5-13,25,29-30H,1-4H3. The van der Waals surface area contributed by atoms with Crippen molar-refractivity contribution < 1.29 is 4.74 Å². The van der Waals surface area contributed by atoms with Crippen molar-refractivity contribution >= 4 is 40.1 Å². The molecule has 0 radical (unpaired) electrons. The van der Waals surface area contributed by atoms with Crippen LogP contribution in [0.4, 0.5) is 11.4 Å². The summed E-state index contributed by atoms with van der Waals surface area (Å²) in [5, 5.41) is 8.18. The maximum Gasteiger partial charge on any atom is 0.150 e. The number of benzene rings is 3. The van der Waals surface area contributed by atoms with E-state index in [1.807, 2.05) is 31.3 Å². The van der Waals surface area contributed by atoms with Crippen LogP contribution < -0.4 is 15.4 Å². The van der Waals surface area contributed by atoms with Crippen LogP contribution >= 0.6 is 23.2 Å². The molecule has 0 saturated heterocycles. The first-order chi connectivity index (χ1) is 14.8. The highest BCUT2D eigenvalue weighted by Crippen LogP contribution is 2.53. The van der Waals surface area contributed by atoms with Gasteiger partial charge in [-0.15, -0.1) is 0 Å². The molecule has 3 aromatic carbocycles. The average molecular weight is 451 g/mol. The Morgan fingerprint density at radius 1 is 1.00 bits per heavy atom. The van der Waals surface area contributed by atoms with E-state index in [-0.39, 0.29) is 11.6 Å². The van der Waals surface area contributed by atoms with Gasteiger partial charge in [-0.2, -0.15) is 0 Å². The Morgan fingerprint density at radius 3 is 2.45 bits per heavy atom. The SMILES string of the molecule is CNc1cccc2c1-c1ccc3c(c1C(c1cc(Cl)cc(Cl)c1)O2)C(C)=CC(C)(C)N3. The van der Waals surface area contributed by atoms with Crippen LogP contribution in [-0.4, -0.2) is 12.6 Å². The smallest absolute Gasteiger partial charge is 0.150 e. The molecule has 2 aliphatic heterocycles. The average Bonchev–Trinajstić information content (AvgIpc) is 2.70. The number of rotatable bonds is 2. The van der Waals surface area contributed by atoms with Crippen molar-refractivity contribution in [1.29, 1.82) is 0 Å². The third-order valence-corrected chi connectivity index (χ3v) is 6.37. The van der Waals surface area contributed by atoms with Crippen molar-refractivity contribution in [2.45, 2.75) is 32.4 Å². The molecule has 2 aliphatic rings. The number of ether oxygens (including phenoxy) is 1. The first-order valence-corrected chi connectivity index (χ1v) is 11.1. The molecule has 2 heterocycles. The van der Waals surface area contributed by atoms with Crippen LogP contribution in [-0.2, 0) is 0 Å². The molecule has 1 atom stereocenters. The van der Waals surface area contributed by atoms with Crippen LogP contribution in [0, 0.1) is 0 Å². The van der Waals surface area contributed by atoms with Crippen molar-refractivity contribution in [1.82, 2.24) is 0 Å². The molecule has 3 nitrogen and oxygen atoms in total. The van der Waals surface area contributed by atoms with Crippen LogP contribution in [0.15, 0.2) is 54.6 Å². The lowest BCUT2D eigenvalue weighted by Gasteiger charge is -2.37. The third-order valence-electron chi connectivity index (χ3n) is 5.93. The summed E-state index contributed by atoms with van der Waals surface area (Å²) in [7, 11) is 1.94. The summed E-state index contributed by atoms with van der Waals surface area (Å²) in [5.41, 5.74) is 8.71. The zero-order valence-corrected chi connectivity index (χ0v) is 19.4. The summed E-state index contributed by atoms with van der Waals surface area (Å²) in [6, 6.07) is 16.1. The van der Waals surface area contributed by atoms with Gasteiger partial charge in [0.25, 0.3) is 0 Å². The Balaban J connectivity index is 1.84. The Morgan fingerprint density at radius 2 is 1.74 bits per heavy atom. The lowest BCUT2D eigenvalue weighted by molar-refractivity contribution is 0.243. The van der Waals surface area contributed by atoms with Gasteiger partial charge in [0, 0.05) is 45.2 Å². The number of nitrogens with one attached hydrogen (secondary N) is 2. The Bertz CT molecular complexity index is 1230. The van der Waals surface area contributed by atoms with E-state index in [4.69, 9.17) is 27.9 Å². The van der Waals surface area contributed by atoms with Crippen molar-refractivity contribution in [2.75, 3.05) is 17.7 Å². The maximum absolute atomic E-state index is 6.65. The molecular formula is C26H24Cl2N2O. The van der Waals surface area contributed by atoms with E-state index in [2.05, 4.69) is 55.7 Å². The fourth-order valence-corrected chi connectivity index (χ4v) is 5.44. The molecule has 0 saturated carbocycles. The molecule has 5 rings (SSSR count). The molecule has 0 amide bonds. The van der Waals surface area contributed by atoms with Gasteiger partial charge in [0.2, 0.25) is 0 Å². The molecule has 5 heteroatoms. The lowest BCUT2D eigenvalue weighted by Crippen LogP contribution is -2.32. The van der Waals surface area contributed by atoms with Gasteiger partial charge in [-0.3, -0.25) is 0 Å². The molecule has 1 unspecified atom stereocenters. The van der Waals surface area contributed by atoms with E-state index in [9.17, 15) is 0 Å².